The van der Waals surface area contributed by atoms with E-state index in [1.807, 2.05) is 0 Å². The Labute approximate surface area is 81.2 Å². The number of aliphatic hydroxyl groups excluding tert-OH is 3. The maximum atomic E-state index is 9.62. The first kappa shape index (κ1) is 9.70. The average Bonchev–Trinajstić information content (AvgIpc) is 2.69. The summed E-state index contributed by atoms with van der Waals surface area (Å²) in [6, 6.07) is -0.0229. The van der Waals surface area contributed by atoms with Gasteiger partial charge in [0, 0.05) is 13.0 Å². The van der Waals surface area contributed by atoms with Crippen molar-refractivity contribution in [1.82, 2.24) is 5.32 Å². The van der Waals surface area contributed by atoms with Crippen LogP contribution in [0.4, 0.5) is 0 Å². The third-order valence-corrected chi connectivity index (χ3v) is 2.88. The van der Waals surface area contributed by atoms with E-state index in [0.717, 1.165) is 0 Å². The number of nitrogens with zero attached hydrogens (tertiary/aromatic N) is 1. The van der Waals surface area contributed by atoms with Gasteiger partial charge in [0.25, 0.3) is 6.02 Å². The summed E-state index contributed by atoms with van der Waals surface area (Å²) in [4.78, 5) is 3.81. The van der Waals surface area contributed by atoms with E-state index in [1.54, 1.807) is 7.05 Å². The van der Waals surface area contributed by atoms with Crippen LogP contribution in [0.15, 0.2) is 4.99 Å². The minimum Gasteiger partial charge on any atom is -0.459 e. The third-order valence-electron chi connectivity index (χ3n) is 2.88. The van der Waals surface area contributed by atoms with Gasteiger partial charge in [-0.25, -0.2) is 4.99 Å². The summed E-state index contributed by atoms with van der Waals surface area (Å²) in [7, 11) is 1.57. The van der Waals surface area contributed by atoms with Crippen LogP contribution in [-0.2, 0) is 4.74 Å². The summed E-state index contributed by atoms with van der Waals surface area (Å²) in [6.45, 7) is -0.210. The van der Waals surface area contributed by atoms with E-state index in [4.69, 9.17) is 9.84 Å². The van der Waals surface area contributed by atoms with Gasteiger partial charge in [-0.3, -0.25) is 0 Å². The Kier molecular flexibility index (Phi) is 2.34. The Morgan fingerprint density at radius 3 is 2.71 bits per heavy atom. The van der Waals surface area contributed by atoms with Crippen molar-refractivity contribution in [2.75, 3.05) is 13.7 Å². The smallest absolute Gasteiger partial charge is 0.285 e. The van der Waals surface area contributed by atoms with E-state index in [9.17, 15) is 10.2 Å². The predicted octanol–water partition coefficient (Wildman–Crippen LogP) is -2.33. The number of ether oxygens (including phenoxy) is 1. The van der Waals surface area contributed by atoms with Crippen molar-refractivity contribution in [2.45, 2.75) is 24.4 Å². The van der Waals surface area contributed by atoms with Crippen LogP contribution in [0.2, 0.25) is 0 Å². The van der Waals surface area contributed by atoms with Gasteiger partial charge >= 0.3 is 0 Å². The second-order valence-electron chi connectivity index (χ2n) is 3.61. The molecule has 2 fully saturated rings. The average molecular weight is 202 g/mol. The molecule has 80 valence electrons. The van der Waals surface area contributed by atoms with Gasteiger partial charge in [-0.1, -0.05) is 0 Å². The summed E-state index contributed by atoms with van der Waals surface area (Å²) in [5.41, 5.74) is 0. The molecule has 1 aliphatic heterocycles. The number of nitrogens with one attached hydrogen (secondary N) is 1. The van der Waals surface area contributed by atoms with Crippen molar-refractivity contribution in [3.63, 3.8) is 0 Å². The Morgan fingerprint density at radius 1 is 1.43 bits per heavy atom. The van der Waals surface area contributed by atoms with E-state index in [1.165, 1.54) is 0 Å². The highest BCUT2D eigenvalue weighted by Crippen LogP contribution is 2.32. The van der Waals surface area contributed by atoms with E-state index >= 15 is 0 Å². The number of fused-ring (bicyclic) bond motifs is 1. The predicted molar refractivity (Wildman–Crippen MR) is 47.7 cm³/mol. The molecule has 0 radical (unpaired) electrons. The van der Waals surface area contributed by atoms with Crippen LogP contribution in [0.25, 0.3) is 0 Å². The Morgan fingerprint density at radius 2 is 2.14 bits per heavy atom. The molecule has 1 saturated carbocycles. The third kappa shape index (κ3) is 1.18. The lowest BCUT2D eigenvalue weighted by Crippen LogP contribution is -2.40. The zero-order chi connectivity index (χ0) is 10.3. The highest BCUT2D eigenvalue weighted by molar-refractivity contribution is 5.76. The number of aliphatic hydroxyl groups is 3. The molecule has 2 aliphatic rings. The van der Waals surface area contributed by atoms with Crippen molar-refractivity contribution in [2.24, 2.45) is 10.9 Å². The summed E-state index contributed by atoms with van der Waals surface area (Å²) in [5.74, 6) is -0.457. The second kappa shape index (κ2) is 3.38. The molecule has 6 nitrogen and oxygen atoms in total. The summed E-state index contributed by atoms with van der Waals surface area (Å²) in [6.07, 6.45) is -2.26. The largest absolute Gasteiger partial charge is 0.459 e. The molecule has 0 aromatic carbocycles. The normalized spacial score (nSPS) is 48.9. The van der Waals surface area contributed by atoms with Crippen LogP contribution >= 0.6 is 0 Å². The van der Waals surface area contributed by atoms with Crippen LogP contribution < -0.4 is 5.32 Å². The van der Waals surface area contributed by atoms with Crippen LogP contribution in [0, 0.1) is 5.92 Å². The molecule has 0 amide bonds. The first-order valence-electron chi connectivity index (χ1n) is 4.56. The quantitative estimate of drug-likeness (QED) is 0.383. The fraction of sp³-hybridized carbons (Fsp3) is 0.875. The molecule has 5 atom stereocenters. The van der Waals surface area contributed by atoms with Gasteiger partial charge in [0.2, 0.25) is 0 Å². The molecular formula is C8H14N2O4. The summed E-state index contributed by atoms with van der Waals surface area (Å²) < 4.78 is 5.34. The fourth-order valence-electron chi connectivity index (χ4n) is 2.08. The number of aliphatic imine (C=N–C) groups is 1. The minimum absolute atomic E-state index is 0.210. The summed E-state index contributed by atoms with van der Waals surface area (Å²) in [5, 5.41) is 31.1. The van der Waals surface area contributed by atoms with Crippen LogP contribution in [0.3, 0.4) is 0 Å². The Bertz CT molecular complexity index is 258. The van der Waals surface area contributed by atoms with Gasteiger partial charge in [-0.2, -0.15) is 0 Å². The molecule has 1 saturated heterocycles. The van der Waals surface area contributed by atoms with E-state index < -0.39 is 24.2 Å². The first-order chi connectivity index (χ1) is 6.69. The molecule has 2 rings (SSSR count). The van der Waals surface area contributed by atoms with Crippen molar-refractivity contribution >= 4 is 6.02 Å². The molecule has 6 heteroatoms. The van der Waals surface area contributed by atoms with Crippen LogP contribution in [0.1, 0.15) is 0 Å². The highest BCUT2D eigenvalue weighted by Gasteiger charge is 2.54. The molecule has 0 aromatic rings. The van der Waals surface area contributed by atoms with Crippen LogP contribution in [0.5, 0.6) is 0 Å². The standard InChI is InChI=1S/C8H14N2O4/c1-9-8-10-4-6(13)5(12)3(2-11)7(4)14-8/h3-7,11-13H,2H2,1H3,(H,9,10)/t3-,4?,5-,6-,7?/m1/s1. The van der Waals surface area contributed by atoms with Crippen molar-refractivity contribution in [3.8, 4) is 0 Å². The lowest BCUT2D eigenvalue weighted by atomic mass is 10.1. The van der Waals surface area contributed by atoms with Gasteiger partial charge in [-0.05, 0) is 0 Å². The zero-order valence-electron chi connectivity index (χ0n) is 7.79. The molecule has 1 heterocycles. The maximum Gasteiger partial charge on any atom is 0.285 e. The van der Waals surface area contributed by atoms with Gasteiger partial charge < -0.3 is 25.4 Å². The highest BCUT2D eigenvalue weighted by atomic mass is 16.5. The topological polar surface area (TPSA) is 94.3 Å². The molecule has 0 bridgehead atoms. The van der Waals surface area contributed by atoms with Crippen LogP contribution in [-0.4, -0.2) is 59.3 Å². The number of hydrogen-bond acceptors (Lipinski definition) is 5. The Hall–Kier alpha value is -0.850. The number of rotatable bonds is 1. The first-order valence-corrected chi connectivity index (χ1v) is 4.56. The SMILES string of the molecule is CN=C1NC2C(O1)[C@H](CO)[C@@H](O)[C@@H]2O. The van der Waals surface area contributed by atoms with Gasteiger partial charge in [0.05, 0.1) is 18.8 Å². The summed E-state index contributed by atoms with van der Waals surface area (Å²) >= 11 is 0. The second-order valence-corrected chi connectivity index (χ2v) is 3.61. The zero-order valence-corrected chi connectivity index (χ0v) is 7.79. The monoisotopic (exact) mass is 202 g/mol. The number of hydrogen-bond donors (Lipinski definition) is 4. The molecule has 14 heavy (non-hydrogen) atoms. The molecule has 2 unspecified atom stereocenters. The molecule has 1 aliphatic carbocycles. The molecule has 0 spiro atoms. The lowest BCUT2D eigenvalue weighted by Gasteiger charge is -2.17. The molecular weight excluding hydrogens is 188 g/mol. The van der Waals surface area contributed by atoms with Gasteiger partial charge in [0.1, 0.15) is 12.2 Å². The van der Waals surface area contributed by atoms with Crippen molar-refractivity contribution in [1.29, 1.82) is 0 Å². The van der Waals surface area contributed by atoms with E-state index in [-0.39, 0.29) is 12.6 Å². The van der Waals surface area contributed by atoms with E-state index in [2.05, 4.69) is 10.3 Å². The molecule has 0 aromatic heterocycles. The number of amidine groups is 1. The minimum atomic E-state index is -0.944. The fourth-order valence-corrected chi connectivity index (χ4v) is 2.08. The van der Waals surface area contributed by atoms with Crippen molar-refractivity contribution < 1.29 is 20.1 Å². The van der Waals surface area contributed by atoms with Crippen molar-refractivity contribution in [3.05, 3.63) is 0 Å². The van der Waals surface area contributed by atoms with E-state index in [0.29, 0.717) is 6.02 Å². The molecule has 4 N–H and O–H groups in total. The Balaban J connectivity index is 2.18. The van der Waals surface area contributed by atoms with Gasteiger partial charge in [-0.15, -0.1) is 0 Å². The maximum absolute atomic E-state index is 9.62. The lowest BCUT2D eigenvalue weighted by molar-refractivity contribution is -0.00876. The van der Waals surface area contributed by atoms with Gasteiger partial charge in [0.15, 0.2) is 0 Å².